The van der Waals surface area contributed by atoms with Gasteiger partial charge in [-0.1, -0.05) is 36.0 Å². The third-order valence-electron chi connectivity index (χ3n) is 3.19. The summed E-state index contributed by atoms with van der Waals surface area (Å²) in [5.41, 5.74) is 0. The van der Waals surface area contributed by atoms with E-state index in [9.17, 15) is 0 Å². The number of rotatable bonds is 4. The minimum atomic E-state index is -0.0827. The van der Waals surface area contributed by atoms with Gasteiger partial charge in [0.25, 0.3) is 0 Å². The molecule has 0 radical (unpaired) electrons. The van der Waals surface area contributed by atoms with Crippen LogP contribution in [-0.4, -0.2) is 12.9 Å². The molecule has 0 aromatic heterocycles. The van der Waals surface area contributed by atoms with Crippen LogP contribution in [0.2, 0.25) is 0 Å². The van der Waals surface area contributed by atoms with Crippen molar-refractivity contribution in [3.63, 3.8) is 0 Å². The van der Waals surface area contributed by atoms with Crippen molar-refractivity contribution in [1.82, 2.24) is 0 Å². The molecule has 0 aliphatic carbocycles. The van der Waals surface area contributed by atoms with Gasteiger partial charge in [-0.15, -0.1) is 0 Å². The third kappa shape index (κ3) is 3.78. The first-order valence-corrected chi connectivity index (χ1v) is 7.83. The van der Waals surface area contributed by atoms with Gasteiger partial charge in [0.1, 0.15) is 5.75 Å². The Kier molecular flexibility index (Phi) is 4.61. The van der Waals surface area contributed by atoms with E-state index in [0.29, 0.717) is 0 Å². The Morgan fingerprint density at radius 3 is 2.60 bits per heavy atom. The molecule has 1 atom stereocenters. The van der Waals surface area contributed by atoms with Gasteiger partial charge in [-0.25, -0.2) is 0 Å². The predicted octanol–water partition coefficient (Wildman–Crippen LogP) is 4.74. The molecule has 0 saturated carbocycles. The van der Waals surface area contributed by atoms with Crippen molar-refractivity contribution < 1.29 is 9.47 Å². The molecule has 2 aromatic carbocycles. The van der Waals surface area contributed by atoms with Gasteiger partial charge in [0.15, 0.2) is 6.29 Å². The molecule has 1 aliphatic rings. The second-order valence-electron chi connectivity index (χ2n) is 4.80. The maximum atomic E-state index is 5.90. The number of hydrogen-bond donors (Lipinski definition) is 0. The van der Waals surface area contributed by atoms with E-state index < -0.39 is 0 Å². The van der Waals surface area contributed by atoms with Crippen molar-refractivity contribution >= 4 is 11.8 Å². The number of hydrogen-bond acceptors (Lipinski definition) is 3. The van der Waals surface area contributed by atoms with Crippen LogP contribution in [0, 0.1) is 0 Å². The zero-order valence-electron chi connectivity index (χ0n) is 11.3. The van der Waals surface area contributed by atoms with Gasteiger partial charge in [0.2, 0.25) is 0 Å². The maximum Gasteiger partial charge on any atom is 0.199 e. The Morgan fingerprint density at radius 1 is 0.950 bits per heavy atom. The fraction of sp³-hybridized carbons (Fsp3) is 0.294. The average molecular weight is 286 g/mol. The van der Waals surface area contributed by atoms with Gasteiger partial charge >= 0.3 is 0 Å². The van der Waals surface area contributed by atoms with Crippen molar-refractivity contribution in [2.45, 2.75) is 35.3 Å². The monoisotopic (exact) mass is 286 g/mol. The first kappa shape index (κ1) is 13.5. The predicted molar refractivity (Wildman–Crippen MR) is 81.2 cm³/mol. The van der Waals surface area contributed by atoms with Gasteiger partial charge < -0.3 is 9.47 Å². The van der Waals surface area contributed by atoms with E-state index in [1.54, 1.807) is 11.8 Å². The Balaban J connectivity index is 1.66. The van der Waals surface area contributed by atoms with Crippen molar-refractivity contribution in [3.8, 4) is 5.75 Å². The molecule has 0 amide bonds. The number of benzene rings is 2. The third-order valence-corrected chi connectivity index (χ3v) is 4.19. The summed E-state index contributed by atoms with van der Waals surface area (Å²) >= 11 is 1.74. The van der Waals surface area contributed by atoms with Crippen LogP contribution < -0.4 is 4.74 Å². The van der Waals surface area contributed by atoms with Crippen LogP contribution >= 0.6 is 11.8 Å². The van der Waals surface area contributed by atoms with Crippen LogP contribution in [0.5, 0.6) is 5.75 Å². The summed E-state index contributed by atoms with van der Waals surface area (Å²) in [5.74, 6) is 0.887. The van der Waals surface area contributed by atoms with E-state index in [-0.39, 0.29) is 6.29 Å². The van der Waals surface area contributed by atoms with Crippen molar-refractivity contribution in [2.24, 2.45) is 0 Å². The Morgan fingerprint density at radius 2 is 1.80 bits per heavy atom. The molecule has 1 fully saturated rings. The van der Waals surface area contributed by atoms with E-state index in [0.717, 1.165) is 25.2 Å². The zero-order chi connectivity index (χ0) is 13.6. The summed E-state index contributed by atoms with van der Waals surface area (Å²) in [5, 5.41) is 0. The van der Waals surface area contributed by atoms with Crippen LogP contribution in [0.1, 0.15) is 19.3 Å². The highest BCUT2D eigenvalue weighted by atomic mass is 32.2. The summed E-state index contributed by atoms with van der Waals surface area (Å²) in [4.78, 5) is 2.42. The molecule has 3 rings (SSSR count). The largest absolute Gasteiger partial charge is 0.465 e. The molecule has 2 nitrogen and oxygen atoms in total. The highest BCUT2D eigenvalue weighted by molar-refractivity contribution is 7.99. The zero-order valence-corrected chi connectivity index (χ0v) is 12.1. The van der Waals surface area contributed by atoms with E-state index in [1.165, 1.54) is 16.2 Å². The highest BCUT2D eigenvalue weighted by Gasteiger charge is 2.15. The minimum absolute atomic E-state index is 0.0827. The van der Waals surface area contributed by atoms with Gasteiger partial charge in [0, 0.05) is 16.2 Å². The van der Waals surface area contributed by atoms with E-state index in [1.807, 2.05) is 18.2 Å². The van der Waals surface area contributed by atoms with Crippen LogP contribution in [0.25, 0.3) is 0 Å². The van der Waals surface area contributed by atoms with Crippen LogP contribution in [-0.2, 0) is 4.74 Å². The smallest absolute Gasteiger partial charge is 0.199 e. The molecular weight excluding hydrogens is 268 g/mol. The van der Waals surface area contributed by atoms with Gasteiger partial charge in [-0.3, -0.25) is 0 Å². The maximum absolute atomic E-state index is 5.90. The molecule has 20 heavy (non-hydrogen) atoms. The lowest BCUT2D eigenvalue weighted by Crippen LogP contribution is -2.24. The fourth-order valence-corrected chi connectivity index (χ4v) is 3.08. The van der Waals surface area contributed by atoms with Gasteiger partial charge in [0.05, 0.1) is 6.61 Å². The average Bonchev–Trinajstić information content (AvgIpc) is 2.50. The van der Waals surface area contributed by atoms with Crippen LogP contribution in [0.15, 0.2) is 64.4 Å². The first-order valence-electron chi connectivity index (χ1n) is 7.01. The first-order chi connectivity index (χ1) is 9.90. The molecule has 0 bridgehead atoms. The lowest BCUT2D eigenvalue weighted by Gasteiger charge is -2.23. The lowest BCUT2D eigenvalue weighted by atomic mass is 10.2. The van der Waals surface area contributed by atoms with E-state index in [4.69, 9.17) is 9.47 Å². The standard InChI is InChI=1S/C17H18O2S/c1-2-8-15(9-3-1)20-16-10-6-7-14(13-16)19-17-11-4-5-12-18-17/h1-3,6-10,13,17H,4-5,11-12H2. The fourth-order valence-electron chi connectivity index (χ4n) is 2.19. The molecule has 0 spiro atoms. The normalized spacial score (nSPS) is 18.7. The van der Waals surface area contributed by atoms with Gasteiger partial charge in [-0.05, 0) is 43.2 Å². The molecule has 1 heterocycles. The molecule has 1 saturated heterocycles. The van der Waals surface area contributed by atoms with Crippen molar-refractivity contribution in [3.05, 3.63) is 54.6 Å². The number of ether oxygens (including phenoxy) is 2. The van der Waals surface area contributed by atoms with Gasteiger partial charge in [-0.2, -0.15) is 0 Å². The minimum Gasteiger partial charge on any atom is -0.465 e. The lowest BCUT2D eigenvalue weighted by molar-refractivity contribution is -0.106. The Bertz CT molecular complexity index is 536. The Hall–Kier alpha value is -1.45. The van der Waals surface area contributed by atoms with Crippen molar-refractivity contribution in [2.75, 3.05) is 6.61 Å². The summed E-state index contributed by atoms with van der Waals surface area (Å²) in [6.45, 7) is 0.809. The van der Waals surface area contributed by atoms with E-state index >= 15 is 0 Å². The second-order valence-corrected chi connectivity index (χ2v) is 5.95. The quantitative estimate of drug-likeness (QED) is 0.808. The molecule has 2 aromatic rings. The molecule has 1 aliphatic heterocycles. The summed E-state index contributed by atoms with van der Waals surface area (Å²) in [7, 11) is 0. The van der Waals surface area contributed by atoms with E-state index in [2.05, 4.69) is 36.4 Å². The molecule has 1 unspecified atom stereocenters. The summed E-state index contributed by atoms with van der Waals surface area (Å²) in [6, 6.07) is 18.6. The summed E-state index contributed by atoms with van der Waals surface area (Å²) < 4.78 is 11.5. The van der Waals surface area contributed by atoms with Crippen molar-refractivity contribution in [1.29, 1.82) is 0 Å². The van der Waals surface area contributed by atoms with Crippen LogP contribution in [0.4, 0.5) is 0 Å². The van der Waals surface area contributed by atoms with Crippen LogP contribution in [0.3, 0.4) is 0 Å². The second kappa shape index (κ2) is 6.82. The molecular formula is C17H18O2S. The summed E-state index contributed by atoms with van der Waals surface area (Å²) in [6.07, 6.45) is 3.23. The topological polar surface area (TPSA) is 18.5 Å². The molecule has 104 valence electrons. The molecule has 3 heteroatoms. The Labute approximate surface area is 124 Å². The molecule has 0 N–H and O–H groups in total. The highest BCUT2D eigenvalue weighted by Crippen LogP contribution is 2.30. The SMILES string of the molecule is c1ccc(Sc2cccc(OC3CCCCO3)c2)cc1.